The predicted octanol–water partition coefficient (Wildman–Crippen LogP) is 3.80. The maximum absolute atomic E-state index is 12.7. The van der Waals surface area contributed by atoms with Crippen LogP contribution in [0.3, 0.4) is 0 Å². The number of carboxylic acid groups (broad SMARTS) is 1. The van der Waals surface area contributed by atoms with Gasteiger partial charge >= 0.3 is 12.1 Å². The Morgan fingerprint density at radius 3 is 2.37 bits per heavy atom. The number of rotatable bonds is 7. The van der Waals surface area contributed by atoms with Gasteiger partial charge in [0.2, 0.25) is 11.5 Å². The quantitative estimate of drug-likeness (QED) is 0.467. The van der Waals surface area contributed by atoms with Crippen LogP contribution in [-0.2, 0) is 9.53 Å². The molecule has 2 amide bonds. The summed E-state index contributed by atoms with van der Waals surface area (Å²) in [6.45, 7) is 0.103. The van der Waals surface area contributed by atoms with E-state index >= 15 is 0 Å². The summed E-state index contributed by atoms with van der Waals surface area (Å²) in [6.07, 6.45) is 1.40. The zero-order chi connectivity index (χ0) is 24.4. The van der Waals surface area contributed by atoms with Gasteiger partial charge in [0, 0.05) is 12.0 Å². The van der Waals surface area contributed by atoms with Gasteiger partial charge in [0.15, 0.2) is 0 Å². The van der Waals surface area contributed by atoms with Crippen molar-refractivity contribution in [1.29, 1.82) is 0 Å². The SMILES string of the molecule is O=C(O)CC1CCCC1NC(=O)c1nonc1NC(=O)OCC1c2ccccc2-c2ccccc21. The Morgan fingerprint density at radius 2 is 1.69 bits per heavy atom. The van der Waals surface area contributed by atoms with Crippen molar-refractivity contribution < 1.29 is 28.9 Å². The van der Waals surface area contributed by atoms with Crippen molar-refractivity contribution in [3.8, 4) is 11.1 Å². The van der Waals surface area contributed by atoms with Gasteiger partial charge in [-0.1, -0.05) is 55.0 Å². The number of amides is 2. The Bertz CT molecular complexity index is 1230. The number of aliphatic carboxylic acids is 1. The van der Waals surface area contributed by atoms with Gasteiger partial charge < -0.3 is 15.2 Å². The van der Waals surface area contributed by atoms with Gasteiger partial charge in [0.25, 0.3) is 5.91 Å². The summed E-state index contributed by atoms with van der Waals surface area (Å²) in [4.78, 5) is 36.3. The average molecular weight is 476 g/mol. The molecule has 35 heavy (non-hydrogen) atoms. The van der Waals surface area contributed by atoms with Crippen LogP contribution in [0.15, 0.2) is 53.2 Å². The molecule has 0 saturated heterocycles. The van der Waals surface area contributed by atoms with Crippen LogP contribution in [0.25, 0.3) is 11.1 Å². The van der Waals surface area contributed by atoms with Crippen LogP contribution in [0.2, 0.25) is 0 Å². The molecule has 2 aliphatic carbocycles. The molecule has 1 aromatic heterocycles. The molecular weight excluding hydrogens is 452 g/mol. The summed E-state index contributed by atoms with van der Waals surface area (Å²) in [7, 11) is 0. The van der Waals surface area contributed by atoms with Gasteiger partial charge in [-0.3, -0.25) is 14.9 Å². The van der Waals surface area contributed by atoms with Crippen LogP contribution in [0.5, 0.6) is 0 Å². The van der Waals surface area contributed by atoms with Crippen molar-refractivity contribution >= 4 is 23.8 Å². The summed E-state index contributed by atoms with van der Waals surface area (Å²) in [6, 6.07) is 15.7. The van der Waals surface area contributed by atoms with E-state index in [1.165, 1.54) is 0 Å². The molecule has 0 radical (unpaired) electrons. The van der Waals surface area contributed by atoms with Crippen molar-refractivity contribution in [2.75, 3.05) is 11.9 Å². The maximum atomic E-state index is 12.7. The highest BCUT2D eigenvalue weighted by Crippen LogP contribution is 2.44. The van der Waals surface area contributed by atoms with Crippen LogP contribution in [0.4, 0.5) is 10.6 Å². The predicted molar refractivity (Wildman–Crippen MR) is 124 cm³/mol. The zero-order valence-corrected chi connectivity index (χ0v) is 18.8. The van der Waals surface area contributed by atoms with E-state index in [0.29, 0.717) is 6.42 Å². The molecule has 0 spiro atoms. The highest BCUT2D eigenvalue weighted by Gasteiger charge is 2.33. The molecule has 10 nitrogen and oxygen atoms in total. The minimum absolute atomic E-state index is 0.0210. The van der Waals surface area contributed by atoms with E-state index in [-0.39, 0.29) is 42.4 Å². The molecule has 1 fully saturated rings. The number of anilines is 1. The molecule has 2 unspecified atom stereocenters. The number of nitrogens with zero attached hydrogens (tertiary/aromatic N) is 2. The van der Waals surface area contributed by atoms with E-state index in [1.54, 1.807) is 0 Å². The normalized spacial score (nSPS) is 18.5. The third-order valence-corrected chi connectivity index (χ3v) is 6.68. The van der Waals surface area contributed by atoms with E-state index in [4.69, 9.17) is 9.84 Å². The summed E-state index contributed by atoms with van der Waals surface area (Å²) >= 11 is 0. The van der Waals surface area contributed by atoms with Crippen molar-refractivity contribution in [3.05, 3.63) is 65.4 Å². The van der Waals surface area contributed by atoms with Crippen LogP contribution in [0.1, 0.15) is 53.2 Å². The van der Waals surface area contributed by atoms with E-state index in [9.17, 15) is 14.4 Å². The highest BCUT2D eigenvalue weighted by molar-refractivity contribution is 5.99. The summed E-state index contributed by atoms with van der Waals surface area (Å²) in [5.41, 5.74) is 4.20. The Hall–Kier alpha value is -4.21. The van der Waals surface area contributed by atoms with Gasteiger partial charge in [-0.2, -0.15) is 0 Å². The number of aromatic nitrogens is 2. The zero-order valence-electron chi connectivity index (χ0n) is 18.8. The van der Waals surface area contributed by atoms with Crippen molar-refractivity contribution in [1.82, 2.24) is 15.6 Å². The standard InChI is InChI=1S/C25H24N4O6/c30-21(31)12-14-6-5-11-20(14)26-24(32)22-23(29-35-28-22)27-25(33)34-13-19-17-9-3-1-7-15(17)16-8-2-4-10-18(16)19/h1-4,7-10,14,19-20H,5-6,11-13H2,(H,26,32)(H,30,31)(H,27,29,33). The van der Waals surface area contributed by atoms with E-state index in [2.05, 4.69) is 25.6 Å². The van der Waals surface area contributed by atoms with Gasteiger partial charge in [-0.15, -0.1) is 0 Å². The maximum Gasteiger partial charge on any atom is 0.412 e. The van der Waals surface area contributed by atoms with Crippen molar-refractivity contribution in [2.45, 2.75) is 37.6 Å². The Balaban J connectivity index is 1.22. The molecule has 0 bridgehead atoms. The van der Waals surface area contributed by atoms with Gasteiger partial charge in [-0.05, 0) is 51.3 Å². The summed E-state index contributed by atoms with van der Waals surface area (Å²) < 4.78 is 10.2. The average Bonchev–Trinajstić information content (AvgIpc) is 3.56. The second kappa shape index (κ2) is 9.57. The first kappa shape index (κ1) is 22.6. The summed E-state index contributed by atoms with van der Waals surface area (Å²) in [5, 5.41) is 21.5. The second-order valence-corrected chi connectivity index (χ2v) is 8.78. The molecule has 10 heteroatoms. The summed E-state index contributed by atoms with van der Waals surface area (Å²) in [5.74, 6) is -1.93. The van der Waals surface area contributed by atoms with Crippen molar-refractivity contribution in [2.24, 2.45) is 5.92 Å². The first-order valence-corrected chi connectivity index (χ1v) is 11.5. The minimum atomic E-state index is -0.906. The molecule has 2 aromatic carbocycles. The Kier molecular flexibility index (Phi) is 6.17. The van der Waals surface area contributed by atoms with Crippen LogP contribution < -0.4 is 10.6 Å². The molecule has 3 aromatic rings. The molecule has 1 saturated carbocycles. The highest BCUT2D eigenvalue weighted by atomic mass is 16.6. The molecular formula is C25H24N4O6. The second-order valence-electron chi connectivity index (χ2n) is 8.78. The first-order chi connectivity index (χ1) is 17.0. The molecule has 1 heterocycles. The number of carbonyl (C=O) groups excluding carboxylic acids is 2. The van der Waals surface area contributed by atoms with Crippen LogP contribution in [0, 0.1) is 5.92 Å². The molecule has 180 valence electrons. The Morgan fingerprint density at radius 1 is 1.00 bits per heavy atom. The minimum Gasteiger partial charge on any atom is -0.481 e. The molecule has 3 N–H and O–H groups in total. The number of carboxylic acids is 1. The fraction of sp³-hybridized carbons (Fsp3) is 0.320. The topological polar surface area (TPSA) is 144 Å². The lowest BCUT2D eigenvalue weighted by Crippen LogP contribution is -2.38. The van der Waals surface area contributed by atoms with E-state index in [1.807, 2.05) is 48.5 Å². The van der Waals surface area contributed by atoms with Gasteiger partial charge in [0.1, 0.15) is 6.61 Å². The molecule has 2 aliphatic rings. The number of ether oxygens (including phenoxy) is 1. The number of hydrogen-bond donors (Lipinski definition) is 3. The number of carbonyl (C=O) groups is 3. The number of nitrogens with one attached hydrogen (secondary N) is 2. The fourth-order valence-electron chi connectivity index (χ4n) is 5.08. The van der Waals surface area contributed by atoms with Gasteiger partial charge in [0.05, 0.1) is 6.42 Å². The monoisotopic (exact) mass is 476 g/mol. The molecule has 2 atom stereocenters. The Labute approximate surface area is 200 Å². The lowest BCUT2D eigenvalue weighted by Gasteiger charge is -2.19. The third-order valence-electron chi connectivity index (χ3n) is 6.68. The lowest BCUT2D eigenvalue weighted by molar-refractivity contribution is -0.138. The van der Waals surface area contributed by atoms with Crippen LogP contribution in [-0.4, -0.2) is 46.0 Å². The largest absolute Gasteiger partial charge is 0.481 e. The molecule has 0 aliphatic heterocycles. The smallest absolute Gasteiger partial charge is 0.412 e. The van der Waals surface area contributed by atoms with E-state index < -0.39 is 18.0 Å². The molecule has 5 rings (SSSR count). The number of hydrogen-bond acceptors (Lipinski definition) is 7. The van der Waals surface area contributed by atoms with E-state index in [0.717, 1.165) is 35.1 Å². The van der Waals surface area contributed by atoms with Crippen LogP contribution >= 0.6 is 0 Å². The first-order valence-electron chi connectivity index (χ1n) is 11.5. The number of fused-ring (bicyclic) bond motifs is 3. The fourth-order valence-corrected chi connectivity index (χ4v) is 5.08. The third kappa shape index (κ3) is 4.59. The van der Waals surface area contributed by atoms with Gasteiger partial charge in [-0.25, -0.2) is 9.42 Å². The van der Waals surface area contributed by atoms with Crippen molar-refractivity contribution in [3.63, 3.8) is 0 Å². The number of benzene rings is 2. The lowest BCUT2D eigenvalue weighted by atomic mass is 9.98.